The van der Waals surface area contributed by atoms with Crippen LogP contribution in [0.4, 0.5) is 31.4 Å². The zero-order valence-electron chi connectivity index (χ0n) is 24.8. The van der Waals surface area contributed by atoms with Crippen LogP contribution in [0.5, 0.6) is 0 Å². The maximum Gasteiger partial charge on any atom is 0.323 e. The number of nitrogens with one attached hydrogen (secondary N) is 3. The van der Waals surface area contributed by atoms with Crippen LogP contribution < -0.4 is 16.0 Å². The molecule has 3 saturated heterocycles. The molecular formula is C33H30N10O3. The summed E-state index contributed by atoms with van der Waals surface area (Å²) in [6, 6.07) is 25.2. The number of hydrogen-bond acceptors (Lipinski definition) is 7. The zero-order chi connectivity index (χ0) is 32.2. The third-order valence-electron chi connectivity index (χ3n) is 8.57. The van der Waals surface area contributed by atoms with Gasteiger partial charge in [-0.05, 0) is 92.1 Å². The van der Waals surface area contributed by atoms with E-state index < -0.39 is 0 Å². The maximum atomic E-state index is 13.6. The minimum atomic E-state index is -0.383. The van der Waals surface area contributed by atoms with Gasteiger partial charge in [-0.3, -0.25) is 0 Å². The summed E-state index contributed by atoms with van der Waals surface area (Å²) in [6.07, 6.45) is 0.226. The highest BCUT2D eigenvalue weighted by Gasteiger charge is 2.52. The lowest BCUT2D eigenvalue weighted by atomic mass is 9.98. The van der Waals surface area contributed by atoms with Crippen molar-refractivity contribution in [2.24, 2.45) is 0 Å². The second kappa shape index (κ2) is 12.9. The van der Waals surface area contributed by atoms with Crippen LogP contribution in [0.2, 0.25) is 0 Å². The molecule has 3 aromatic carbocycles. The molecule has 6 amide bonds. The Morgan fingerprint density at radius 1 is 0.500 bits per heavy atom. The largest absolute Gasteiger partial charge is 0.323 e. The summed E-state index contributed by atoms with van der Waals surface area (Å²) in [6.45, 7) is 1.16. The molecule has 3 N–H and O–H groups in total. The first-order valence-corrected chi connectivity index (χ1v) is 14.9. The fraction of sp³-hybridized carbons (Fsp3) is 0.273. The van der Waals surface area contributed by atoms with Gasteiger partial charge in [-0.2, -0.15) is 15.8 Å². The summed E-state index contributed by atoms with van der Waals surface area (Å²) < 4.78 is 0. The Hall–Kier alpha value is -6.10. The topological polar surface area (TPSA) is 172 Å². The van der Waals surface area contributed by atoms with Crippen molar-refractivity contribution in [3.63, 3.8) is 0 Å². The number of nitriles is 3. The number of hydrogen-bond donors (Lipinski definition) is 3. The van der Waals surface area contributed by atoms with E-state index in [9.17, 15) is 14.4 Å². The highest BCUT2D eigenvalue weighted by Crippen LogP contribution is 2.37. The van der Waals surface area contributed by atoms with E-state index in [1.54, 1.807) is 87.5 Å². The molecule has 3 aromatic rings. The van der Waals surface area contributed by atoms with Gasteiger partial charge in [-0.15, -0.1) is 0 Å². The Morgan fingerprint density at radius 3 is 1.00 bits per heavy atom. The number of carbonyl (C=O) groups is 3. The van der Waals surface area contributed by atoms with Gasteiger partial charge < -0.3 is 30.7 Å². The van der Waals surface area contributed by atoms with E-state index in [0.717, 1.165) is 0 Å². The van der Waals surface area contributed by atoms with Crippen molar-refractivity contribution >= 4 is 35.2 Å². The number of rotatable bonds is 3. The predicted molar refractivity (Wildman–Crippen MR) is 168 cm³/mol. The van der Waals surface area contributed by atoms with E-state index in [0.29, 0.717) is 72.6 Å². The van der Waals surface area contributed by atoms with Crippen molar-refractivity contribution in [1.29, 1.82) is 15.8 Å². The second-order valence-corrected chi connectivity index (χ2v) is 11.2. The van der Waals surface area contributed by atoms with Crippen molar-refractivity contribution in [3.05, 3.63) is 89.5 Å². The number of anilines is 3. The van der Waals surface area contributed by atoms with E-state index in [2.05, 4.69) is 39.1 Å². The molecule has 13 heteroatoms. The van der Waals surface area contributed by atoms with Gasteiger partial charge in [-0.1, -0.05) is 0 Å². The molecule has 3 unspecified atom stereocenters. The predicted octanol–water partition coefficient (Wildman–Crippen LogP) is 4.70. The zero-order valence-corrected chi connectivity index (χ0v) is 24.8. The molecule has 0 aromatic heterocycles. The number of urea groups is 3. The van der Waals surface area contributed by atoms with Gasteiger partial charge in [-0.25, -0.2) is 19.3 Å². The van der Waals surface area contributed by atoms with E-state index in [4.69, 9.17) is 15.8 Å². The van der Waals surface area contributed by atoms with Crippen LogP contribution in [0.1, 0.15) is 36.0 Å². The summed E-state index contributed by atoms with van der Waals surface area (Å²) in [5.74, 6) is 0. The van der Waals surface area contributed by atoms with E-state index in [-0.39, 0.29) is 36.6 Å². The molecule has 0 bridgehead atoms. The van der Waals surface area contributed by atoms with Crippen LogP contribution in [0.3, 0.4) is 0 Å². The third-order valence-corrected chi connectivity index (χ3v) is 8.57. The standard InChI is InChI=1S/C33H30N10O3/c34-19-22-1-7-25(8-2-22)37-31(44)40-16-13-29-42(33(46)39-27-11-5-24(21-36)6-12-27)18-15-30-41(17-14-28(40)43(29)30)32(45)38-26-9-3-23(20-35)4-10-26/h1-12,28-30H,13-18H2,(H,37,44)(H,38,45)(H,39,46). The average Bonchev–Trinajstić information content (AvgIpc) is 3.09. The highest BCUT2D eigenvalue weighted by atomic mass is 16.2. The summed E-state index contributed by atoms with van der Waals surface area (Å²) in [4.78, 5) is 48.2. The van der Waals surface area contributed by atoms with Gasteiger partial charge in [0.25, 0.3) is 0 Å². The Bertz CT molecular complexity index is 1550. The average molecular weight is 615 g/mol. The number of carbonyl (C=O) groups excluding carboxylic acids is 3. The van der Waals surface area contributed by atoms with Crippen molar-refractivity contribution in [1.82, 2.24) is 19.6 Å². The summed E-state index contributed by atoms with van der Waals surface area (Å²) in [5, 5.41) is 36.1. The molecule has 3 atom stereocenters. The van der Waals surface area contributed by atoms with Crippen molar-refractivity contribution in [2.75, 3.05) is 35.6 Å². The normalized spacial score (nSPS) is 20.3. The molecule has 46 heavy (non-hydrogen) atoms. The highest BCUT2D eigenvalue weighted by molar-refractivity contribution is 5.92. The minimum Gasteiger partial charge on any atom is -0.308 e. The number of benzene rings is 3. The van der Waals surface area contributed by atoms with Crippen LogP contribution in [-0.2, 0) is 0 Å². The van der Waals surface area contributed by atoms with Crippen molar-refractivity contribution in [2.45, 2.75) is 37.8 Å². The van der Waals surface area contributed by atoms with Gasteiger partial charge in [0, 0.05) is 36.7 Å². The first-order valence-electron chi connectivity index (χ1n) is 14.9. The van der Waals surface area contributed by atoms with Gasteiger partial charge >= 0.3 is 18.1 Å². The summed E-state index contributed by atoms with van der Waals surface area (Å²) in [7, 11) is 0. The van der Waals surface area contributed by atoms with Gasteiger partial charge in [0.05, 0.1) is 53.4 Å². The van der Waals surface area contributed by atoms with Crippen LogP contribution in [-0.4, -0.2) is 75.8 Å². The lowest BCUT2D eigenvalue weighted by Crippen LogP contribution is -2.76. The molecular weight excluding hydrogens is 584 g/mol. The molecule has 3 fully saturated rings. The Balaban J connectivity index is 1.23. The third kappa shape index (κ3) is 5.98. The van der Waals surface area contributed by atoms with Crippen LogP contribution in [0, 0.1) is 34.0 Å². The van der Waals surface area contributed by atoms with Crippen LogP contribution >= 0.6 is 0 Å². The smallest absolute Gasteiger partial charge is 0.308 e. The Morgan fingerprint density at radius 2 is 0.761 bits per heavy atom. The fourth-order valence-electron chi connectivity index (χ4n) is 6.39. The molecule has 3 aliphatic rings. The molecule has 0 aliphatic carbocycles. The maximum absolute atomic E-state index is 13.6. The van der Waals surface area contributed by atoms with E-state index >= 15 is 0 Å². The fourth-order valence-corrected chi connectivity index (χ4v) is 6.39. The lowest BCUT2D eigenvalue weighted by molar-refractivity contribution is -0.164. The van der Waals surface area contributed by atoms with Crippen LogP contribution in [0.25, 0.3) is 0 Å². The lowest BCUT2D eigenvalue weighted by Gasteiger charge is -2.61. The van der Waals surface area contributed by atoms with Gasteiger partial charge in [0.2, 0.25) is 0 Å². The monoisotopic (exact) mass is 614 g/mol. The first kappa shape index (κ1) is 29.9. The molecule has 3 aliphatic heterocycles. The molecule has 0 spiro atoms. The molecule has 0 saturated carbocycles. The molecule has 13 nitrogen and oxygen atoms in total. The van der Waals surface area contributed by atoms with Crippen molar-refractivity contribution in [3.8, 4) is 18.2 Å². The SMILES string of the molecule is N#Cc1ccc(NC(=O)N2CCC3N(C(=O)Nc4ccc(C#N)cc4)CCC4N(C(=O)Nc5ccc(C#N)cc5)CCC2N34)cc1. The quantitative estimate of drug-likeness (QED) is 0.384. The van der Waals surface area contributed by atoms with Crippen LogP contribution in [0.15, 0.2) is 72.8 Å². The summed E-state index contributed by atoms with van der Waals surface area (Å²) in [5.41, 5.74) is 3.14. The van der Waals surface area contributed by atoms with Crippen molar-refractivity contribution < 1.29 is 14.4 Å². The second-order valence-electron chi connectivity index (χ2n) is 11.2. The first-order chi connectivity index (χ1) is 22.4. The molecule has 0 radical (unpaired) electrons. The van der Waals surface area contributed by atoms with E-state index in [1.807, 2.05) is 0 Å². The molecule has 6 rings (SSSR count). The van der Waals surface area contributed by atoms with E-state index in [1.165, 1.54) is 0 Å². The Labute approximate surface area is 265 Å². The van der Waals surface area contributed by atoms with Gasteiger partial charge in [0.15, 0.2) is 0 Å². The van der Waals surface area contributed by atoms with Gasteiger partial charge in [0.1, 0.15) is 0 Å². The number of amides is 6. The minimum absolute atomic E-state index is 0.304. The summed E-state index contributed by atoms with van der Waals surface area (Å²) >= 11 is 0. The number of nitrogens with zero attached hydrogens (tertiary/aromatic N) is 7. The Kier molecular flexibility index (Phi) is 8.38. The molecule has 230 valence electrons. The molecule has 3 heterocycles.